The highest BCUT2D eigenvalue weighted by Gasteiger charge is 2.26. The largest absolute Gasteiger partial charge is 0.354 e. The minimum absolute atomic E-state index is 0.121. The van der Waals surface area contributed by atoms with Crippen LogP contribution in [0.1, 0.15) is 48.9 Å². The monoisotopic (exact) mass is 448 g/mol. The third-order valence-electron chi connectivity index (χ3n) is 4.99. The van der Waals surface area contributed by atoms with E-state index >= 15 is 0 Å². The lowest BCUT2D eigenvalue weighted by Crippen LogP contribution is -2.48. The molecule has 2 aromatic carbocycles. The zero-order valence-corrected chi connectivity index (χ0v) is 19.6. The van der Waals surface area contributed by atoms with Crippen LogP contribution < -0.4 is 5.32 Å². The second-order valence-corrected chi connectivity index (χ2v) is 8.59. The number of carbonyl (C=O) groups is 2. The summed E-state index contributed by atoms with van der Waals surface area (Å²) in [5.41, 5.74) is 3.90. The molecule has 0 aliphatic rings. The SMILES string of the molecule is CCCCNC(=O)[C@H](C)N(Cc1ccc(Cl)cc1Cl)C(=O)Cc1cc(C)cc(C)c1. The van der Waals surface area contributed by atoms with E-state index in [4.69, 9.17) is 23.2 Å². The highest BCUT2D eigenvalue weighted by Crippen LogP contribution is 2.24. The summed E-state index contributed by atoms with van der Waals surface area (Å²) < 4.78 is 0. The lowest BCUT2D eigenvalue weighted by atomic mass is 10.0. The second kappa shape index (κ2) is 11.4. The van der Waals surface area contributed by atoms with Crippen LogP contribution in [0.5, 0.6) is 0 Å². The summed E-state index contributed by atoms with van der Waals surface area (Å²) in [5, 5.41) is 3.93. The quantitative estimate of drug-likeness (QED) is 0.515. The maximum absolute atomic E-state index is 13.3. The van der Waals surface area contributed by atoms with Gasteiger partial charge < -0.3 is 10.2 Å². The number of carbonyl (C=O) groups excluding carboxylic acids is 2. The zero-order chi connectivity index (χ0) is 22.3. The van der Waals surface area contributed by atoms with E-state index in [0.717, 1.165) is 35.1 Å². The van der Waals surface area contributed by atoms with Gasteiger partial charge in [0.25, 0.3) is 0 Å². The summed E-state index contributed by atoms with van der Waals surface area (Å²) >= 11 is 12.4. The molecule has 0 aliphatic heterocycles. The molecule has 6 heteroatoms. The van der Waals surface area contributed by atoms with Crippen LogP contribution in [0.3, 0.4) is 0 Å². The van der Waals surface area contributed by atoms with Gasteiger partial charge in [0, 0.05) is 23.1 Å². The normalized spacial score (nSPS) is 11.8. The summed E-state index contributed by atoms with van der Waals surface area (Å²) in [6, 6.07) is 10.6. The maximum atomic E-state index is 13.3. The molecule has 162 valence electrons. The summed E-state index contributed by atoms with van der Waals surface area (Å²) in [6.07, 6.45) is 2.11. The second-order valence-electron chi connectivity index (χ2n) is 7.75. The molecule has 2 amide bonds. The number of nitrogens with one attached hydrogen (secondary N) is 1. The third kappa shape index (κ3) is 7.03. The highest BCUT2D eigenvalue weighted by molar-refractivity contribution is 6.35. The molecule has 0 bridgehead atoms. The number of hydrogen-bond acceptors (Lipinski definition) is 2. The van der Waals surface area contributed by atoms with E-state index in [-0.39, 0.29) is 24.8 Å². The molecule has 1 N–H and O–H groups in total. The molecular formula is C24H30Cl2N2O2. The first-order valence-electron chi connectivity index (χ1n) is 10.3. The van der Waals surface area contributed by atoms with E-state index in [1.165, 1.54) is 0 Å². The average molecular weight is 449 g/mol. The maximum Gasteiger partial charge on any atom is 0.242 e. The minimum atomic E-state index is -0.619. The van der Waals surface area contributed by atoms with Crippen LogP contribution in [0.25, 0.3) is 0 Å². The number of amides is 2. The first-order valence-corrected chi connectivity index (χ1v) is 11.0. The lowest BCUT2D eigenvalue weighted by molar-refractivity contribution is -0.140. The van der Waals surface area contributed by atoms with Gasteiger partial charge in [0.05, 0.1) is 6.42 Å². The van der Waals surface area contributed by atoms with Crippen molar-refractivity contribution in [1.82, 2.24) is 10.2 Å². The van der Waals surface area contributed by atoms with Gasteiger partial charge in [0.1, 0.15) is 6.04 Å². The number of hydrogen-bond donors (Lipinski definition) is 1. The van der Waals surface area contributed by atoms with Crippen molar-refractivity contribution >= 4 is 35.0 Å². The van der Waals surface area contributed by atoms with Crippen LogP contribution in [0, 0.1) is 13.8 Å². The van der Waals surface area contributed by atoms with Crippen molar-refractivity contribution in [2.24, 2.45) is 0 Å². The van der Waals surface area contributed by atoms with Crippen LogP contribution in [0.2, 0.25) is 10.0 Å². The fourth-order valence-electron chi connectivity index (χ4n) is 3.40. The van der Waals surface area contributed by atoms with Gasteiger partial charge in [-0.15, -0.1) is 0 Å². The third-order valence-corrected chi connectivity index (χ3v) is 5.58. The fourth-order valence-corrected chi connectivity index (χ4v) is 3.87. The van der Waals surface area contributed by atoms with Crippen molar-refractivity contribution in [2.75, 3.05) is 6.54 Å². The molecule has 0 unspecified atom stereocenters. The van der Waals surface area contributed by atoms with Crippen LogP contribution >= 0.6 is 23.2 Å². The number of benzene rings is 2. The molecule has 4 nitrogen and oxygen atoms in total. The van der Waals surface area contributed by atoms with Crippen LogP contribution in [0.15, 0.2) is 36.4 Å². The van der Waals surface area contributed by atoms with Gasteiger partial charge in [0.2, 0.25) is 11.8 Å². The smallest absolute Gasteiger partial charge is 0.242 e. The Morgan fingerprint density at radius 1 is 1.07 bits per heavy atom. The average Bonchev–Trinajstić information content (AvgIpc) is 2.66. The van der Waals surface area contributed by atoms with Crippen molar-refractivity contribution in [3.8, 4) is 0 Å². The highest BCUT2D eigenvalue weighted by atomic mass is 35.5. The number of aryl methyl sites for hydroxylation is 2. The van der Waals surface area contributed by atoms with Crippen molar-refractivity contribution in [3.63, 3.8) is 0 Å². The van der Waals surface area contributed by atoms with E-state index < -0.39 is 6.04 Å². The standard InChI is InChI=1S/C24H30Cl2N2O2/c1-5-6-9-27-24(30)18(4)28(15-20-7-8-21(25)14-22(20)26)23(29)13-19-11-16(2)10-17(3)12-19/h7-8,10-12,14,18H,5-6,9,13,15H2,1-4H3,(H,27,30)/t18-/m0/s1. The number of halogens is 2. The summed E-state index contributed by atoms with van der Waals surface area (Å²) in [4.78, 5) is 27.6. The Kier molecular flexibility index (Phi) is 9.19. The molecule has 0 radical (unpaired) electrons. The molecule has 0 saturated heterocycles. The first kappa shape index (κ1) is 24.2. The molecule has 2 aromatic rings. The lowest BCUT2D eigenvalue weighted by Gasteiger charge is -2.29. The molecular weight excluding hydrogens is 419 g/mol. The molecule has 30 heavy (non-hydrogen) atoms. The van der Waals surface area contributed by atoms with Crippen molar-refractivity contribution in [2.45, 2.75) is 59.5 Å². The molecule has 0 heterocycles. The summed E-state index contributed by atoms with van der Waals surface area (Å²) in [5.74, 6) is -0.286. The Labute approximate surface area is 189 Å². The Morgan fingerprint density at radius 2 is 1.73 bits per heavy atom. The number of unbranched alkanes of at least 4 members (excludes halogenated alkanes) is 1. The van der Waals surface area contributed by atoms with Crippen LogP contribution in [-0.4, -0.2) is 29.3 Å². The Morgan fingerprint density at radius 3 is 2.33 bits per heavy atom. The van der Waals surface area contributed by atoms with E-state index in [1.54, 1.807) is 30.0 Å². The van der Waals surface area contributed by atoms with Gasteiger partial charge >= 0.3 is 0 Å². The van der Waals surface area contributed by atoms with Crippen molar-refractivity contribution < 1.29 is 9.59 Å². The van der Waals surface area contributed by atoms with Gasteiger partial charge in [-0.3, -0.25) is 9.59 Å². The number of rotatable bonds is 9. The topological polar surface area (TPSA) is 49.4 Å². The van der Waals surface area contributed by atoms with E-state index in [2.05, 4.69) is 18.3 Å². The van der Waals surface area contributed by atoms with E-state index in [9.17, 15) is 9.59 Å². The molecule has 0 aliphatic carbocycles. The van der Waals surface area contributed by atoms with Crippen molar-refractivity contribution in [1.29, 1.82) is 0 Å². The predicted octanol–water partition coefficient (Wildman–Crippen LogP) is 5.49. The predicted molar refractivity (Wildman–Crippen MR) is 124 cm³/mol. The van der Waals surface area contributed by atoms with Gasteiger partial charge in [-0.2, -0.15) is 0 Å². The van der Waals surface area contributed by atoms with Gasteiger partial charge in [-0.05, 0) is 50.5 Å². The van der Waals surface area contributed by atoms with Crippen LogP contribution in [0.4, 0.5) is 0 Å². The van der Waals surface area contributed by atoms with Crippen molar-refractivity contribution in [3.05, 3.63) is 68.7 Å². The van der Waals surface area contributed by atoms with Gasteiger partial charge in [0.15, 0.2) is 0 Å². The first-order chi connectivity index (χ1) is 14.2. The van der Waals surface area contributed by atoms with Crippen LogP contribution in [-0.2, 0) is 22.6 Å². The Balaban J connectivity index is 2.26. The number of nitrogens with zero attached hydrogens (tertiary/aromatic N) is 1. The van der Waals surface area contributed by atoms with E-state index in [1.807, 2.05) is 26.0 Å². The fraction of sp³-hybridized carbons (Fsp3) is 0.417. The molecule has 0 aromatic heterocycles. The van der Waals surface area contributed by atoms with Gasteiger partial charge in [-0.25, -0.2) is 0 Å². The minimum Gasteiger partial charge on any atom is -0.354 e. The Hall–Kier alpha value is -2.04. The Bertz CT molecular complexity index is 879. The van der Waals surface area contributed by atoms with E-state index in [0.29, 0.717) is 16.6 Å². The molecule has 0 fully saturated rings. The molecule has 2 rings (SSSR count). The molecule has 0 spiro atoms. The summed E-state index contributed by atoms with van der Waals surface area (Å²) in [7, 11) is 0. The zero-order valence-electron chi connectivity index (χ0n) is 18.1. The summed E-state index contributed by atoms with van der Waals surface area (Å²) in [6.45, 7) is 8.68. The molecule has 0 saturated carbocycles. The van der Waals surface area contributed by atoms with Gasteiger partial charge in [-0.1, -0.05) is 71.9 Å². The molecule has 1 atom stereocenters.